The number of furan rings is 1. The molecule has 0 bridgehead atoms. The molecule has 0 unspecified atom stereocenters. The Hall–Kier alpha value is -4.44. The maximum absolute atomic E-state index is 6.21. The molecule has 3 heterocycles. The van der Waals surface area contributed by atoms with Crippen LogP contribution >= 0.6 is 0 Å². The molecule has 0 N–H and O–H groups in total. The minimum atomic E-state index is 0. The molecule has 0 spiro atoms. The predicted octanol–water partition coefficient (Wildman–Crippen LogP) is 10.3. The predicted molar refractivity (Wildman–Crippen MR) is 176 cm³/mol. The van der Waals surface area contributed by atoms with Crippen molar-refractivity contribution in [2.75, 3.05) is 0 Å². The Morgan fingerprint density at radius 3 is 2.14 bits per heavy atom. The molecule has 0 saturated carbocycles. The molecule has 7 rings (SSSR count). The van der Waals surface area contributed by atoms with Crippen molar-refractivity contribution < 1.29 is 24.5 Å². The van der Waals surface area contributed by atoms with Crippen LogP contribution in [0.2, 0.25) is 0 Å². The van der Waals surface area contributed by atoms with Crippen LogP contribution in [0.3, 0.4) is 0 Å². The SMILES string of the molecule is CC(C)c1cccc(C(C)C)c1-c1cnnc(-c2[c-]ccc3c2oc2ccccc23)c1.[Ir].[c-]1ccccc1-c1ccccn1. The molecule has 3 aromatic heterocycles. The van der Waals surface area contributed by atoms with E-state index in [1.54, 1.807) is 6.20 Å². The van der Waals surface area contributed by atoms with Crippen LogP contribution in [0.5, 0.6) is 0 Å². The normalized spacial score (nSPS) is 11.0. The Bertz CT molecular complexity index is 1920. The largest absolute Gasteiger partial charge is 0.501 e. The monoisotopic (exact) mass is 752 g/mol. The van der Waals surface area contributed by atoms with Crippen molar-refractivity contribution in [3.05, 3.63) is 139 Å². The zero-order valence-electron chi connectivity index (χ0n) is 25.2. The van der Waals surface area contributed by atoms with Gasteiger partial charge in [-0.15, -0.1) is 54.1 Å². The van der Waals surface area contributed by atoms with Gasteiger partial charge in [0, 0.05) is 37.4 Å². The summed E-state index contributed by atoms with van der Waals surface area (Å²) in [6.07, 6.45) is 3.66. The number of aromatic nitrogens is 3. The molecule has 0 aliphatic carbocycles. The number of fused-ring (bicyclic) bond motifs is 3. The van der Waals surface area contributed by atoms with Gasteiger partial charge in [-0.3, -0.25) is 0 Å². The summed E-state index contributed by atoms with van der Waals surface area (Å²) < 4.78 is 6.21. The molecule has 1 radical (unpaired) electrons. The Labute approximate surface area is 272 Å². The molecule has 5 heteroatoms. The van der Waals surface area contributed by atoms with E-state index >= 15 is 0 Å². The summed E-state index contributed by atoms with van der Waals surface area (Å²) in [4.78, 5) is 4.22. The number of pyridine rings is 1. The first-order valence-corrected chi connectivity index (χ1v) is 14.7. The van der Waals surface area contributed by atoms with Gasteiger partial charge in [0.25, 0.3) is 0 Å². The second kappa shape index (κ2) is 13.9. The van der Waals surface area contributed by atoms with Gasteiger partial charge in [0.1, 0.15) is 5.58 Å². The molecule has 0 saturated heterocycles. The zero-order valence-corrected chi connectivity index (χ0v) is 27.6. The average molecular weight is 752 g/mol. The second-order valence-electron chi connectivity index (χ2n) is 11.1. The van der Waals surface area contributed by atoms with Gasteiger partial charge in [-0.2, -0.15) is 5.10 Å². The van der Waals surface area contributed by atoms with E-state index < -0.39 is 0 Å². The number of nitrogens with zero attached hydrogens (tertiary/aromatic N) is 3. The summed E-state index contributed by atoms with van der Waals surface area (Å²) in [7, 11) is 0. The van der Waals surface area contributed by atoms with Crippen LogP contribution in [0, 0.1) is 12.1 Å². The van der Waals surface area contributed by atoms with Crippen molar-refractivity contribution in [2.45, 2.75) is 39.5 Å². The average Bonchev–Trinajstić information content (AvgIpc) is 3.44. The van der Waals surface area contributed by atoms with Crippen LogP contribution in [-0.4, -0.2) is 15.2 Å². The van der Waals surface area contributed by atoms with Crippen molar-refractivity contribution in [1.29, 1.82) is 0 Å². The standard InChI is InChI=1S/C28H25N2O.C11H8N.Ir/c1-17(2)20-10-7-11-21(18(3)4)27(20)19-15-25(30-29-16-19)24-13-8-12-23-22-9-5-6-14-26(22)31-28(23)24;1-2-6-10(7-3-1)11-8-4-5-9-12-11;/h5-12,14-18H,1-4H3;1-6,8-9H;/q2*-1;. The third-order valence-electron chi connectivity index (χ3n) is 7.56. The summed E-state index contributed by atoms with van der Waals surface area (Å²) in [5.41, 5.74) is 10.3. The van der Waals surface area contributed by atoms with E-state index in [9.17, 15) is 0 Å². The van der Waals surface area contributed by atoms with Gasteiger partial charge in [-0.25, -0.2) is 5.10 Å². The van der Waals surface area contributed by atoms with E-state index in [-0.39, 0.29) is 20.1 Å². The zero-order chi connectivity index (χ0) is 29.8. The fraction of sp³-hybridized carbons (Fsp3) is 0.154. The van der Waals surface area contributed by atoms with Crippen LogP contribution in [0.4, 0.5) is 0 Å². The van der Waals surface area contributed by atoms with Crippen LogP contribution in [0.15, 0.2) is 120 Å². The van der Waals surface area contributed by atoms with Gasteiger partial charge < -0.3 is 9.40 Å². The first kappa shape index (κ1) is 31.0. The quantitative estimate of drug-likeness (QED) is 0.164. The van der Waals surface area contributed by atoms with Gasteiger partial charge in [0.2, 0.25) is 0 Å². The van der Waals surface area contributed by atoms with Gasteiger partial charge in [0.05, 0.1) is 11.8 Å². The van der Waals surface area contributed by atoms with E-state index in [0.717, 1.165) is 50.0 Å². The summed E-state index contributed by atoms with van der Waals surface area (Å²) in [5.74, 6) is 0.825. The fourth-order valence-electron chi connectivity index (χ4n) is 5.47. The van der Waals surface area contributed by atoms with Gasteiger partial charge in [-0.1, -0.05) is 93.2 Å². The second-order valence-corrected chi connectivity index (χ2v) is 11.1. The van der Waals surface area contributed by atoms with Crippen LogP contribution < -0.4 is 0 Å². The Morgan fingerprint density at radius 1 is 0.682 bits per heavy atom. The van der Waals surface area contributed by atoms with Gasteiger partial charge in [0.15, 0.2) is 0 Å². The molecular formula is C39H33IrN3O-2. The summed E-state index contributed by atoms with van der Waals surface area (Å²) in [6, 6.07) is 41.0. The van der Waals surface area contributed by atoms with Crippen molar-refractivity contribution in [3.8, 4) is 33.6 Å². The minimum Gasteiger partial charge on any atom is -0.501 e. The molecule has 4 aromatic carbocycles. The maximum atomic E-state index is 6.21. The van der Waals surface area contributed by atoms with E-state index in [2.05, 4.69) is 85.3 Å². The first-order valence-electron chi connectivity index (χ1n) is 14.7. The van der Waals surface area contributed by atoms with Crippen molar-refractivity contribution in [3.63, 3.8) is 0 Å². The Balaban J connectivity index is 0.000000248. The molecule has 4 nitrogen and oxygen atoms in total. The molecule has 0 aliphatic heterocycles. The van der Waals surface area contributed by atoms with E-state index in [1.807, 2.05) is 79.0 Å². The topological polar surface area (TPSA) is 51.8 Å². The van der Waals surface area contributed by atoms with Crippen LogP contribution in [0.25, 0.3) is 55.6 Å². The van der Waals surface area contributed by atoms with E-state index in [0.29, 0.717) is 11.8 Å². The van der Waals surface area contributed by atoms with Gasteiger partial charge in [-0.05, 0) is 51.9 Å². The summed E-state index contributed by atoms with van der Waals surface area (Å²) in [6.45, 7) is 8.95. The first-order chi connectivity index (χ1) is 21.0. The van der Waals surface area contributed by atoms with Crippen molar-refractivity contribution in [2.24, 2.45) is 0 Å². The molecule has 7 aromatic rings. The fourth-order valence-corrected chi connectivity index (χ4v) is 5.47. The van der Waals surface area contributed by atoms with Crippen molar-refractivity contribution in [1.82, 2.24) is 15.2 Å². The molecule has 0 atom stereocenters. The molecule has 44 heavy (non-hydrogen) atoms. The van der Waals surface area contributed by atoms with Gasteiger partial charge >= 0.3 is 0 Å². The number of benzene rings is 4. The number of hydrogen-bond acceptors (Lipinski definition) is 4. The Kier molecular flexibility index (Phi) is 9.79. The maximum Gasteiger partial charge on any atom is 0.120 e. The van der Waals surface area contributed by atoms with E-state index in [1.165, 1.54) is 16.7 Å². The molecule has 0 aliphatic rings. The molecule has 0 fully saturated rings. The third-order valence-corrected chi connectivity index (χ3v) is 7.56. The number of rotatable bonds is 5. The molecule has 221 valence electrons. The summed E-state index contributed by atoms with van der Waals surface area (Å²) in [5, 5.41) is 11.0. The summed E-state index contributed by atoms with van der Waals surface area (Å²) >= 11 is 0. The number of para-hydroxylation sites is 1. The minimum absolute atomic E-state index is 0. The molecule has 0 amide bonds. The van der Waals surface area contributed by atoms with Crippen LogP contribution in [0.1, 0.15) is 50.7 Å². The number of hydrogen-bond donors (Lipinski definition) is 0. The van der Waals surface area contributed by atoms with Crippen LogP contribution in [-0.2, 0) is 20.1 Å². The Morgan fingerprint density at radius 2 is 1.43 bits per heavy atom. The smallest absolute Gasteiger partial charge is 0.120 e. The van der Waals surface area contributed by atoms with E-state index in [4.69, 9.17) is 4.42 Å². The molecular weight excluding hydrogens is 719 g/mol. The third kappa shape index (κ3) is 6.40. The van der Waals surface area contributed by atoms with Crippen molar-refractivity contribution >= 4 is 21.9 Å².